The molecule has 1 aliphatic rings. The second-order valence-electron chi connectivity index (χ2n) is 7.04. The Morgan fingerprint density at radius 2 is 1.93 bits per heavy atom. The fourth-order valence-corrected chi connectivity index (χ4v) is 3.46. The van der Waals surface area contributed by atoms with Crippen molar-refractivity contribution in [1.29, 1.82) is 0 Å². The Bertz CT molecular complexity index is 913. The molecule has 1 aromatic carbocycles. The van der Waals surface area contributed by atoms with Gasteiger partial charge in [-0.3, -0.25) is 9.69 Å². The van der Waals surface area contributed by atoms with Gasteiger partial charge in [0.2, 0.25) is 0 Å². The summed E-state index contributed by atoms with van der Waals surface area (Å²) < 4.78 is 11.1. The molecule has 1 aliphatic heterocycles. The molecule has 3 heterocycles. The van der Waals surface area contributed by atoms with Crippen molar-refractivity contribution in [1.82, 2.24) is 20.4 Å². The van der Waals surface area contributed by atoms with Crippen LogP contribution in [0.4, 0.5) is 0 Å². The second kappa shape index (κ2) is 8.39. The summed E-state index contributed by atoms with van der Waals surface area (Å²) in [6.45, 7) is 4.44. The average molecular weight is 380 g/mol. The zero-order valence-corrected chi connectivity index (χ0v) is 15.9. The molecule has 0 radical (unpaired) electrons. The zero-order chi connectivity index (χ0) is 19.3. The first-order chi connectivity index (χ1) is 13.7. The summed E-state index contributed by atoms with van der Waals surface area (Å²) >= 11 is 0. The van der Waals surface area contributed by atoms with Gasteiger partial charge in [0.25, 0.3) is 11.8 Å². The third-order valence-corrected chi connectivity index (χ3v) is 5.10. The van der Waals surface area contributed by atoms with Crippen molar-refractivity contribution in [3.05, 3.63) is 59.8 Å². The molecule has 1 fully saturated rings. The van der Waals surface area contributed by atoms with Crippen molar-refractivity contribution in [3.63, 3.8) is 0 Å². The van der Waals surface area contributed by atoms with Crippen molar-refractivity contribution < 1.29 is 13.7 Å². The third kappa shape index (κ3) is 4.14. The maximum absolute atomic E-state index is 12.4. The normalized spacial score (nSPS) is 16.0. The number of furan rings is 1. The van der Waals surface area contributed by atoms with Crippen LogP contribution in [0.15, 0.2) is 51.4 Å². The summed E-state index contributed by atoms with van der Waals surface area (Å²) in [5.41, 5.74) is 0.843. The average Bonchev–Trinajstić information content (AvgIpc) is 3.43. The molecule has 1 saturated heterocycles. The summed E-state index contributed by atoms with van der Waals surface area (Å²) in [6, 6.07) is 13.3. The highest BCUT2D eigenvalue weighted by atomic mass is 16.5. The minimum absolute atomic E-state index is 0.173. The van der Waals surface area contributed by atoms with Crippen LogP contribution in [0.5, 0.6) is 0 Å². The van der Waals surface area contributed by atoms with E-state index in [1.807, 2.05) is 36.4 Å². The van der Waals surface area contributed by atoms with Crippen molar-refractivity contribution in [2.75, 3.05) is 13.1 Å². The van der Waals surface area contributed by atoms with E-state index in [0.717, 1.165) is 24.4 Å². The van der Waals surface area contributed by atoms with E-state index in [-0.39, 0.29) is 18.5 Å². The number of likely N-dealkylation sites (tertiary alicyclic amines) is 1. The molecule has 1 atom stereocenters. The van der Waals surface area contributed by atoms with Crippen LogP contribution < -0.4 is 5.32 Å². The van der Waals surface area contributed by atoms with E-state index >= 15 is 0 Å². The number of carbonyl (C=O) groups is 1. The summed E-state index contributed by atoms with van der Waals surface area (Å²) in [5, 5.41) is 6.70. The number of benzene rings is 1. The fourth-order valence-electron chi connectivity index (χ4n) is 3.46. The van der Waals surface area contributed by atoms with E-state index < -0.39 is 0 Å². The maximum Gasteiger partial charge on any atom is 0.287 e. The van der Waals surface area contributed by atoms with Crippen LogP contribution in [-0.2, 0) is 6.54 Å². The van der Waals surface area contributed by atoms with Gasteiger partial charge in [0.05, 0.1) is 12.6 Å². The van der Waals surface area contributed by atoms with Crippen LogP contribution >= 0.6 is 0 Å². The highest BCUT2D eigenvalue weighted by Gasteiger charge is 2.22. The first kappa shape index (κ1) is 18.4. The lowest BCUT2D eigenvalue weighted by atomic mass is 10.1. The Kier molecular flexibility index (Phi) is 5.53. The summed E-state index contributed by atoms with van der Waals surface area (Å²) in [4.78, 5) is 19.1. The predicted molar refractivity (Wildman–Crippen MR) is 103 cm³/mol. The second-order valence-corrected chi connectivity index (χ2v) is 7.04. The van der Waals surface area contributed by atoms with Crippen LogP contribution in [0, 0.1) is 0 Å². The van der Waals surface area contributed by atoms with E-state index in [1.54, 1.807) is 6.07 Å². The van der Waals surface area contributed by atoms with Crippen LogP contribution in [-0.4, -0.2) is 34.0 Å². The molecule has 0 bridgehead atoms. The summed E-state index contributed by atoms with van der Waals surface area (Å²) in [5.74, 6) is 1.67. The number of carbonyl (C=O) groups excluding carboxylic acids is 1. The number of piperidine rings is 1. The van der Waals surface area contributed by atoms with Gasteiger partial charge < -0.3 is 14.3 Å². The van der Waals surface area contributed by atoms with Crippen LogP contribution in [0.3, 0.4) is 0 Å². The van der Waals surface area contributed by atoms with Gasteiger partial charge in [0.15, 0.2) is 11.6 Å². The van der Waals surface area contributed by atoms with Crippen LogP contribution in [0.25, 0.3) is 11.5 Å². The Morgan fingerprint density at radius 1 is 1.14 bits per heavy atom. The van der Waals surface area contributed by atoms with Gasteiger partial charge in [-0.1, -0.05) is 29.8 Å². The molecule has 4 rings (SSSR count). The number of hydrogen-bond donors (Lipinski definition) is 1. The Morgan fingerprint density at radius 3 is 2.71 bits per heavy atom. The quantitative estimate of drug-likeness (QED) is 0.700. The predicted octanol–water partition coefficient (Wildman–Crippen LogP) is 3.81. The highest BCUT2D eigenvalue weighted by molar-refractivity contribution is 5.91. The SMILES string of the molecule is C[C@H](c1ccc(C(=O)NCc2noc(-c3ccccc3)n2)o1)N1CCCCC1. The maximum atomic E-state index is 12.4. The standard InChI is InChI=1S/C21H24N4O3/c1-15(25-12-6-3-7-13-25)17-10-11-18(27-17)20(26)22-14-19-23-21(28-24-19)16-8-4-2-5-9-16/h2,4-5,8-11,15H,3,6-7,12-14H2,1H3,(H,22,26)/t15-/m1/s1. The molecule has 0 saturated carbocycles. The monoisotopic (exact) mass is 380 g/mol. The van der Waals surface area contributed by atoms with Crippen molar-refractivity contribution in [2.24, 2.45) is 0 Å². The number of rotatable bonds is 6. The van der Waals surface area contributed by atoms with Crippen LogP contribution in [0.2, 0.25) is 0 Å². The Hall–Kier alpha value is -2.93. The van der Waals surface area contributed by atoms with E-state index in [1.165, 1.54) is 19.3 Å². The smallest absolute Gasteiger partial charge is 0.287 e. The fraction of sp³-hybridized carbons (Fsp3) is 0.381. The highest BCUT2D eigenvalue weighted by Crippen LogP contribution is 2.25. The van der Waals surface area contributed by atoms with Gasteiger partial charge in [0, 0.05) is 5.56 Å². The first-order valence-corrected chi connectivity index (χ1v) is 9.71. The molecular weight excluding hydrogens is 356 g/mol. The zero-order valence-electron chi connectivity index (χ0n) is 15.9. The lowest BCUT2D eigenvalue weighted by molar-refractivity contribution is 0.0912. The van der Waals surface area contributed by atoms with Gasteiger partial charge in [0.1, 0.15) is 5.76 Å². The molecule has 0 aliphatic carbocycles. The van der Waals surface area contributed by atoms with Crippen molar-refractivity contribution in [3.8, 4) is 11.5 Å². The van der Waals surface area contributed by atoms with Gasteiger partial charge in [-0.25, -0.2) is 0 Å². The van der Waals surface area contributed by atoms with E-state index in [9.17, 15) is 4.79 Å². The Labute approximate surface area is 163 Å². The molecule has 7 heteroatoms. The summed E-state index contributed by atoms with van der Waals surface area (Å²) in [6.07, 6.45) is 3.72. The molecule has 1 amide bonds. The van der Waals surface area contributed by atoms with Crippen LogP contribution in [0.1, 0.15) is 54.4 Å². The topological polar surface area (TPSA) is 84.4 Å². The van der Waals surface area contributed by atoms with Gasteiger partial charge >= 0.3 is 0 Å². The number of nitrogens with zero attached hydrogens (tertiary/aromatic N) is 3. The Balaban J connectivity index is 1.34. The van der Waals surface area contributed by atoms with Gasteiger partial charge in [-0.15, -0.1) is 0 Å². The molecule has 3 aromatic rings. The molecule has 0 unspecified atom stereocenters. The summed E-state index contributed by atoms with van der Waals surface area (Å²) in [7, 11) is 0. The van der Waals surface area contributed by atoms with E-state index in [4.69, 9.17) is 8.94 Å². The molecule has 146 valence electrons. The third-order valence-electron chi connectivity index (χ3n) is 5.10. The number of hydrogen-bond acceptors (Lipinski definition) is 6. The number of nitrogens with one attached hydrogen (secondary N) is 1. The van der Waals surface area contributed by atoms with Crippen molar-refractivity contribution >= 4 is 5.91 Å². The van der Waals surface area contributed by atoms with E-state index in [2.05, 4.69) is 27.3 Å². The minimum atomic E-state index is -0.289. The lowest BCUT2D eigenvalue weighted by Crippen LogP contribution is -2.32. The lowest BCUT2D eigenvalue weighted by Gasteiger charge is -2.31. The molecule has 0 spiro atoms. The largest absolute Gasteiger partial charge is 0.454 e. The molecule has 1 N–H and O–H groups in total. The minimum Gasteiger partial charge on any atom is -0.454 e. The first-order valence-electron chi connectivity index (χ1n) is 9.71. The molecule has 28 heavy (non-hydrogen) atoms. The van der Waals surface area contributed by atoms with Gasteiger partial charge in [-0.05, 0) is 57.1 Å². The number of aromatic nitrogens is 2. The van der Waals surface area contributed by atoms with E-state index in [0.29, 0.717) is 17.5 Å². The number of amides is 1. The molecule has 2 aromatic heterocycles. The molecule has 7 nitrogen and oxygen atoms in total. The van der Waals surface area contributed by atoms with Crippen molar-refractivity contribution in [2.45, 2.75) is 38.8 Å². The van der Waals surface area contributed by atoms with Gasteiger partial charge in [-0.2, -0.15) is 4.98 Å². The molecular formula is C21H24N4O3.